The van der Waals surface area contributed by atoms with E-state index in [4.69, 9.17) is 5.73 Å². The summed E-state index contributed by atoms with van der Waals surface area (Å²) in [6.07, 6.45) is -6.19. The molecule has 3 aromatic carbocycles. The van der Waals surface area contributed by atoms with Crippen LogP contribution < -0.4 is 10.6 Å². The smallest absolute Gasteiger partial charge is 0.386 e. The summed E-state index contributed by atoms with van der Waals surface area (Å²) in [7, 11) is 0. The van der Waals surface area contributed by atoms with Crippen molar-refractivity contribution in [1.82, 2.24) is 4.90 Å². The molecule has 8 nitrogen and oxygen atoms in total. The molecule has 1 aliphatic rings. The summed E-state index contributed by atoms with van der Waals surface area (Å²) in [6, 6.07) is 18.6. The molecule has 0 saturated carbocycles. The molecule has 0 radical (unpaired) electrons. The van der Waals surface area contributed by atoms with Gasteiger partial charge in [-0.25, -0.2) is 4.79 Å². The number of ether oxygens (including phenoxy) is 1. The summed E-state index contributed by atoms with van der Waals surface area (Å²) in [4.78, 5) is 54.1. The third-order valence-corrected chi connectivity index (χ3v) is 6.71. The second kappa shape index (κ2) is 12.9. The van der Waals surface area contributed by atoms with Crippen molar-refractivity contribution >= 4 is 29.4 Å². The first-order valence-corrected chi connectivity index (χ1v) is 13.3. The average molecular weight is 592 g/mol. The highest BCUT2D eigenvalue weighted by Gasteiger charge is 2.43. The van der Waals surface area contributed by atoms with Crippen molar-refractivity contribution in [3.63, 3.8) is 0 Å². The van der Waals surface area contributed by atoms with E-state index < -0.39 is 48.9 Å². The summed E-state index contributed by atoms with van der Waals surface area (Å²) in [6.45, 7) is 3.40. The molecule has 0 fully saturated rings. The largest absolute Gasteiger partial charge is 0.491 e. The van der Waals surface area contributed by atoms with Gasteiger partial charge in [0.25, 0.3) is 5.91 Å². The summed E-state index contributed by atoms with van der Waals surface area (Å²) in [5, 5.41) is 0. The van der Waals surface area contributed by atoms with E-state index >= 15 is 0 Å². The van der Waals surface area contributed by atoms with Gasteiger partial charge in [0.15, 0.2) is 0 Å². The van der Waals surface area contributed by atoms with Crippen molar-refractivity contribution in [1.29, 1.82) is 0 Å². The van der Waals surface area contributed by atoms with Crippen LogP contribution >= 0.6 is 0 Å². The van der Waals surface area contributed by atoms with Crippen LogP contribution in [0.4, 0.5) is 18.9 Å². The van der Waals surface area contributed by atoms with E-state index in [1.165, 1.54) is 11.0 Å². The Morgan fingerprint density at radius 2 is 1.63 bits per heavy atom. The molecule has 1 atom stereocenters. The number of benzene rings is 3. The number of hydrogen-bond acceptors (Lipinski definition) is 6. The summed E-state index contributed by atoms with van der Waals surface area (Å²) < 4.78 is 42.3. The number of amides is 2. The van der Waals surface area contributed by atoms with E-state index in [-0.39, 0.29) is 11.6 Å². The Labute approximate surface area is 246 Å². The SMILES string of the molecule is CC(C)N1C(=O)CN(C(CC(=O)OC(=O)C(F)(F)F)c2ccccc2)C(=O)c2cc(C#Cc3cccc(CN)c3)ccc21. The van der Waals surface area contributed by atoms with Crippen LogP contribution in [0.25, 0.3) is 0 Å². The summed E-state index contributed by atoms with van der Waals surface area (Å²) >= 11 is 0. The number of rotatable bonds is 6. The first kappa shape index (κ1) is 31.0. The molecular formula is C32H28F3N3O5. The molecule has 0 aromatic heterocycles. The van der Waals surface area contributed by atoms with E-state index in [0.717, 1.165) is 10.5 Å². The number of hydrogen-bond donors (Lipinski definition) is 1. The molecule has 11 heteroatoms. The van der Waals surface area contributed by atoms with Gasteiger partial charge < -0.3 is 20.3 Å². The number of alkyl halides is 3. The van der Waals surface area contributed by atoms with Crippen LogP contribution in [0.15, 0.2) is 72.8 Å². The van der Waals surface area contributed by atoms with Crippen LogP contribution in [0.5, 0.6) is 0 Å². The van der Waals surface area contributed by atoms with E-state index in [0.29, 0.717) is 28.9 Å². The van der Waals surface area contributed by atoms with Crippen molar-refractivity contribution in [2.24, 2.45) is 5.73 Å². The van der Waals surface area contributed by atoms with Crippen LogP contribution in [0, 0.1) is 11.8 Å². The second-order valence-electron chi connectivity index (χ2n) is 10.1. The highest BCUT2D eigenvalue weighted by molar-refractivity contribution is 6.10. The molecule has 3 aromatic rings. The molecule has 43 heavy (non-hydrogen) atoms. The molecule has 0 spiro atoms. The normalized spacial score (nSPS) is 14.0. The van der Waals surface area contributed by atoms with Gasteiger partial charge >= 0.3 is 18.1 Å². The lowest BCUT2D eigenvalue weighted by molar-refractivity contribution is -0.202. The Kier molecular flexibility index (Phi) is 9.31. The predicted molar refractivity (Wildman–Crippen MR) is 151 cm³/mol. The molecule has 1 heterocycles. The topological polar surface area (TPSA) is 110 Å². The molecule has 0 bridgehead atoms. The average Bonchev–Trinajstić information content (AvgIpc) is 3.08. The predicted octanol–water partition coefficient (Wildman–Crippen LogP) is 4.51. The zero-order valence-corrected chi connectivity index (χ0v) is 23.4. The number of esters is 2. The maximum absolute atomic E-state index is 14.1. The molecule has 222 valence electrons. The van der Waals surface area contributed by atoms with Crippen LogP contribution in [-0.4, -0.2) is 47.4 Å². The summed E-state index contributed by atoms with van der Waals surface area (Å²) in [5.41, 5.74) is 8.58. The van der Waals surface area contributed by atoms with Gasteiger partial charge in [-0.2, -0.15) is 13.2 Å². The number of anilines is 1. The fourth-order valence-corrected chi connectivity index (χ4v) is 4.76. The fraction of sp³-hybridized carbons (Fsp3) is 0.250. The first-order valence-electron chi connectivity index (χ1n) is 13.3. The van der Waals surface area contributed by atoms with Gasteiger partial charge in [-0.15, -0.1) is 0 Å². The third-order valence-electron chi connectivity index (χ3n) is 6.71. The van der Waals surface area contributed by atoms with Gasteiger partial charge in [0.05, 0.1) is 23.7 Å². The minimum atomic E-state index is -5.38. The maximum atomic E-state index is 14.1. The minimum absolute atomic E-state index is 0.114. The van der Waals surface area contributed by atoms with E-state index in [9.17, 15) is 32.3 Å². The molecular weight excluding hydrogens is 563 g/mol. The van der Waals surface area contributed by atoms with Gasteiger partial charge in [0.1, 0.15) is 6.54 Å². The molecule has 4 rings (SSSR count). The fourth-order valence-electron chi connectivity index (χ4n) is 4.76. The Hall–Kier alpha value is -4.95. The Bertz CT molecular complexity index is 1610. The van der Waals surface area contributed by atoms with Gasteiger partial charge in [-0.1, -0.05) is 54.3 Å². The van der Waals surface area contributed by atoms with Crippen LogP contribution in [0.1, 0.15) is 58.9 Å². The monoisotopic (exact) mass is 591 g/mol. The number of nitrogens with zero attached hydrogens (tertiary/aromatic N) is 2. The minimum Gasteiger partial charge on any atom is -0.386 e. The quantitative estimate of drug-likeness (QED) is 0.257. The van der Waals surface area contributed by atoms with Crippen molar-refractivity contribution in [3.05, 3.63) is 101 Å². The zero-order valence-electron chi connectivity index (χ0n) is 23.4. The number of nitrogens with two attached hydrogens (primary N) is 1. The Balaban J connectivity index is 1.77. The molecule has 1 aliphatic heterocycles. The van der Waals surface area contributed by atoms with Gasteiger partial charge in [-0.05, 0) is 55.3 Å². The Morgan fingerprint density at radius 3 is 2.26 bits per heavy atom. The Morgan fingerprint density at radius 1 is 0.953 bits per heavy atom. The van der Waals surface area contributed by atoms with Gasteiger partial charge in [-0.3, -0.25) is 14.4 Å². The van der Waals surface area contributed by atoms with E-state index in [1.54, 1.807) is 56.3 Å². The lowest BCUT2D eigenvalue weighted by atomic mass is 10.00. The molecule has 0 aliphatic carbocycles. The van der Waals surface area contributed by atoms with Crippen molar-refractivity contribution < 1.29 is 37.1 Å². The highest BCUT2D eigenvalue weighted by Crippen LogP contribution is 2.34. The van der Waals surface area contributed by atoms with Crippen LogP contribution in [0.2, 0.25) is 0 Å². The second-order valence-corrected chi connectivity index (χ2v) is 10.1. The number of carbonyl (C=O) groups excluding carboxylic acids is 4. The standard InChI is InChI=1S/C32H28F3N3O5/c1-20(2)38-26-14-13-22(12-11-21-7-6-8-23(15-21)18-36)16-25(26)30(41)37(19-28(38)39)27(24-9-4-3-5-10-24)17-29(40)43-31(42)32(33,34)35/h3-10,13-16,20,27H,17-19,36H2,1-2H3. The van der Waals surface area contributed by atoms with Crippen molar-refractivity contribution in [3.8, 4) is 11.8 Å². The first-order chi connectivity index (χ1) is 20.4. The number of carbonyl (C=O) groups is 4. The molecule has 1 unspecified atom stereocenters. The number of halogens is 3. The third kappa shape index (κ3) is 7.28. The highest BCUT2D eigenvalue weighted by atomic mass is 19.4. The maximum Gasteiger partial charge on any atom is 0.491 e. The lowest BCUT2D eigenvalue weighted by Crippen LogP contribution is -2.44. The molecule has 2 amide bonds. The zero-order chi connectivity index (χ0) is 31.3. The van der Waals surface area contributed by atoms with Crippen molar-refractivity contribution in [2.75, 3.05) is 11.4 Å². The van der Waals surface area contributed by atoms with Gasteiger partial charge in [0.2, 0.25) is 5.91 Å². The van der Waals surface area contributed by atoms with Crippen molar-refractivity contribution in [2.45, 2.75) is 45.1 Å². The van der Waals surface area contributed by atoms with E-state index in [2.05, 4.69) is 16.6 Å². The number of fused-ring (bicyclic) bond motifs is 1. The van der Waals surface area contributed by atoms with Crippen LogP contribution in [-0.2, 0) is 25.7 Å². The van der Waals surface area contributed by atoms with Crippen LogP contribution in [0.3, 0.4) is 0 Å². The van der Waals surface area contributed by atoms with E-state index in [1.807, 2.05) is 24.3 Å². The molecule has 0 saturated heterocycles. The lowest BCUT2D eigenvalue weighted by Gasteiger charge is -2.30. The van der Waals surface area contributed by atoms with Gasteiger partial charge in [0, 0.05) is 23.7 Å². The summed E-state index contributed by atoms with van der Waals surface area (Å²) in [5.74, 6) is 0.767. The molecule has 2 N–H and O–H groups in total.